The van der Waals surface area contributed by atoms with Crippen molar-refractivity contribution in [1.82, 2.24) is 5.32 Å². The van der Waals surface area contributed by atoms with Crippen molar-refractivity contribution in [2.24, 2.45) is 11.8 Å². The largest absolute Gasteiger partial charge is 0.481 e. The van der Waals surface area contributed by atoms with Crippen LogP contribution in [0.2, 0.25) is 0 Å². The maximum atomic E-state index is 13.2. The lowest BCUT2D eigenvalue weighted by Gasteiger charge is -2.29. The van der Waals surface area contributed by atoms with E-state index in [1.165, 1.54) is 17.8 Å². The van der Waals surface area contributed by atoms with Crippen molar-refractivity contribution in [3.05, 3.63) is 27.2 Å². The minimum atomic E-state index is -0.945. The lowest BCUT2D eigenvalue weighted by atomic mass is 9.76. The first-order valence-corrected chi connectivity index (χ1v) is 12.2. The number of carboxylic acid groups (broad SMARTS) is 1. The second-order valence-electron chi connectivity index (χ2n) is 9.01. The number of amides is 2. The minimum Gasteiger partial charge on any atom is -0.481 e. The highest BCUT2D eigenvalue weighted by Gasteiger charge is 2.38. The first-order valence-electron chi connectivity index (χ1n) is 11.3. The number of thiophene rings is 1. The molecule has 0 bridgehead atoms. The van der Waals surface area contributed by atoms with E-state index in [-0.39, 0.29) is 17.9 Å². The van der Waals surface area contributed by atoms with Gasteiger partial charge < -0.3 is 15.7 Å². The van der Waals surface area contributed by atoms with Gasteiger partial charge >= 0.3 is 5.97 Å². The van der Waals surface area contributed by atoms with Crippen LogP contribution in [0.1, 0.15) is 86.5 Å². The van der Waals surface area contributed by atoms with Crippen molar-refractivity contribution in [1.29, 1.82) is 0 Å². The number of rotatable bonds is 6. The third-order valence-corrected chi connectivity index (χ3v) is 7.95. The standard InChI is InChI=1S/C24H34N2O4S/c1-5-17-15(4)31-23(20(17)22(28)25-16-9-7-6-8-10-16)26-21(27)18-11-13(2)14(3)12-19(18)24(29)30/h16,18-19H,5-12H2,1-4H3,(H,25,28)(H,26,27)(H,29,30)/t18-,19-/m1/s1. The number of anilines is 1. The van der Waals surface area contributed by atoms with Gasteiger partial charge in [-0.05, 0) is 58.4 Å². The molecule has 0 radical (unpaired) electrons. The van der Waals surface area contributed by atoms with Gasteiger partial charge in [-0.2, -0.15) is 0 Å². The first kappa shape index (κ1) is 23.5. The predicted octanol–water partition coefficient (Wildman–Crippen LogP) is 5.07. The zero-order chi connectivity index (χ0) is 22.7. The number of aryl methyl sites for hydroxylation is 1. The third-order valence-electron chi connectivity index (χ3n) is 6.89. The highest BCUT2D eigenvalue weighted by molar-refractivity contribution is 7.16. The van der Waals surface area contributed by atoms with Gasteiger partial charge in [0.25, 0.3) is 5.91 Å². The molecule has 0 aromatic carbocycles. The molecule has 1 heterocycles. The SMILES string of the molecule is CCc1c(C)sc(NC(=O)[C@@H]2CC(C)=C(C)C[C@H]2C(=O)O)c1C(=O)NC1CCCCC1. The second kappa shape index (κ2) is 9.98. The molecule has 2 amide bonds. The summed E-state index contributed by atoms with van der Waals surface area (Å²) in [5.74, 6) is -2.76. The van der Waals surface area contributed by atoms with E-state index >= 15 is 0 Å². The fourth-order valence-corrected chi connectivity index (χ4v) is 6.01. The zero-order valence-electron chi connectivity index (χ0n) is 19.0. The normalized spacial score (nSPS) is 22.3. The second-order valence-corrected chi connectivity index (χ2v) is 10.2. The number of nitrogens with one attached hydrogen (secondary N) is 2. The van der Waals surface area contributed by atoms with Gasteiger partial charge in [-0.15, -0.1) is 11.3 Å². The maximum Gasteiger partial charge on any atom is 0.307 e. The highest BCUT2D eigenvalue weighted by Crippen LogP contribution is 2.38. The molecule has 0 saturated heterocycles. The fourth-order valence-electron chi connectivity index (χ4n) is 4.87. The molecular weight excluding hydrogens is 412 g/mol. The molecule has 170 valence electrons. The Kier molecular flexibility index (Phi) is 7.57. The molecule has 2 aliphatic carbocycles. The Bertz CT molecular complexity index is 896. The molecule has 7 heteroatoms. The van der Waals surface area contributed by atoms with Crippen molar-refractivity contribution >= 4 is 34.1 Å². The fraction of sp³-hybridized carbons (Fsp3) is 0.625. The third kappa shape index (κ3) is 5.20. The molecule has 2 aliphatic rings. The van der Waals surface area contributed by atoms with Gasteiger partial charge in [0.05, 0.1) is 17.4 Å². The Morgan fingerprint density at radius 3 is 2.19 bits per heavy atom. The predicted molar refractivity (Wildman–Crippen MR) is 124 cm³/mol. The Balaban J connectivity index is 1.84. The smallest absolute Gasteiger partial charge is 0.307 e. The van der Waals surface area contributed by atoms with Crippen molar-refractivity contribution in [2.75, 3.05) is 5.32 Å². The van der Waals surface area contributed by atoms with Crippen LogP contribution < -0.4 is 10.6 Å². The lowest BCUT2D eigenvalue weighted by Crippen LogP contribution is -2.38. The molecular formula is C24H34N2O4S. The average Bonchev–Trinajstić information content (AvgIpc) is 3.04. The maximum absolute atomic E-state index is 13.2. The highest BCUT2D eigenvalue weighted by atomic mass is 32.1. The summed E-state index contributed by atoms with van der Waals surface area (Å²) in [7, 11) is 0. The first-order chi connectivity index (χ1) is 14.7. The Labute approximate surface area is 188 Å². The summed E-state index contributed by atoms with van der Waals surface area (Å²) in [6.07, 6.45) is 6.97. The zero-order valence-corrected chi connectivity index (χ0v) is 19.8. The van der Waals surface area contributed by atoms with E-state index in [2.05, 4.69) is 10.6 Å². The molecule has 0 unspecified atom stereocenters. The van der Waals surface area contributed by atoms with Crippen molar-refractivity contribution < 1.29 is 19.5 Å². The number of hydrogen-bond donors (Lipinski definition) is 3. The number of aliphatic carboxylic acids is 1. The topological polar surface area (TPSA) is 95.5 Å². The summed E-state index contributed by atoms with van der Waals surface area (Å²) in [5, 5.41) is 16.3. The van der Waals surface area contributed by atoms with Crippen LogP contribution in [0.15, 0.2) is 11.1 Å². The van der Waals surface area contributed by atoms with Crippen molar-refractivity contribution in [3.8, 4) is 0 Å². The van der Waals surface area contributed by atoms with Crippen molar-refractivity contribution in [3.63, 3.8) is 0 Å². The Morgan fingerprint density at radius 2 is 1.61 bits per heavy atom. The average molecular weight is 447 g/mol. The van der Waals surface area contributed by atoms with E-state index in [4.69, 9.17) is 0 Å². The monoisotopic (exact) mass is 446 g/mol. The number of carbonyl (C=O) groups excluding carboxylic acids is 2. The van der Waals surface area contributed by atoms with Gasteiger partial charge in [-0.25, -0.2) is 0 Å². The summed E-state index contributed by atoms with van der Waals surface area (Å²) in [4.78, 5) is 39.2. The minimum absolute atomic E-state index is 0.131. The van der Waals surface area contributed by atoms with Crippen molar-refractivity contribution in [2.45, 2.75) is 85.1 Å². The van der Waals surface area contributed by atoms with Crippen LogP contribution in [0.5, 0.6) is 0 Å². The van der Waals surface area contributed by atoms with Crippen LogP contribution in [0.3, 0.4) is 0 Å². The van der Waals surface area contributed by atoms with Gasteiger partial charge in [0, 0.05) is 10.9 Å². The van der Waals surface area contributed by atoms with E-state index in [0.717, 1.165) is 47.3 Å². The van der Waals surface area contributed by atoms with Crippen LogP contribution in [-0.4, -0.2) is 28.9 Å². The van der Waals surface area contributed by atoms with E-state index < -0.39 is 17.8 Å². The summed E-state index contributed by atoms with van der Waals surface area (Å²) in [5.41, 5.74) is 3.63. The van der Waals surface area contributed by atoms with Crippen LogP contribution in [0.4, 0.5) is 5.00 Å². The molecule has 2 atom stereocenters. The molecule has 6 nitrogen and oxygen atoms in total. The Morgan fingerprint density at radius 1 is 1.00 bits per heavy atom. The Hall–Kier alpha value is -2.15. The van der Waals surface area contributed by atoms with E-state index in [1.54, 1.807) is 0 Å². The molecule has 0 aliphatic heterocycles. The quantitative estimate of drug-likeness (QED) is 0.532. The number of hydrogen-bond acceptors (Lipinski definition) is 4. The summed E-state index contributed by atoms with van der Waals surface area (Å²) in [6.45, 7) is 7.87. The van der Waals surface area contributed by atoms with E-state index in [0.29, 0.717) is 29.8 Å². The van der Waals surface area contributed by atoms with E-state index in [1.807, 2.05) is 27.7 Å². The van der Waals surface area contributed by atoms with Gasteiger partial charge in [0.15, 0.2) is 0 Å². The molecule has 3 rings (SSSR count). The van der Waals surface area contributed by atoms with Gasteiger partial charge in [-0.3, -0.25) is 14.4 Å². The van der Waals surface area contributed by atoms with E-state index in [9.17, 15) is 19.5 Å². The summed E-state index contributed by atoms with van der Waals surface area (Å²) >= 11 is 1.41. The van der Waals surface area contributed by atoms with Crippen LogP contribution in [0.25, 0.3) is 0 Å². The molecule has 1 saturated carbocycles. The number of allylic oxidation sites excluding steroid dienone is 2. The van der Waals surface area contributed by atoms with Crippen LogP contribution >= 0.6 is 11.3 Å². The van der Waals surface area contributed by atoms with Crippen LogP contribution in [0, 0.1) is 18.8 Å². The molecule has 0 spiro atoms. The van der Waals surface area contributed by atoms with Gasteiger partial charge in [0.1, 0.15) is 5.00 Å². The molecule has 1 aromatic heterocycles. The molecule has 31 heavy (non-hydrogen) atoms. The van der Waals surface area contributed by atoms with Gasteiger partial charge in [-0.1, -0.05) is 37.3 Å². The molecule has 3 N–H and O–H groups in total. The summed E-state index contributed by atoms with van der Waals surface area (Å²) in [6, 6.07) is 0.181. The number of carbonyl (C=O) groups is 3. The lowest BCUT2D eigenvalue weighted by molar-refractivity contribution is -0.146. The summed E-state index contributed by atoms with van der Waals surface area (Å²) < 4.78 is 0. The molecule has 1 aromatic rings. The molecule has 1 fully saturated rings. The number of carboxylic acids is 1. The van der Waals surface area contributed by atoms with Crippen LogP contribution in [-0.2, 0) is 16.0 Å². The van der Waals surface area contributed by atoms with Gasteiger partial charge in [0.2, 0.25) is 5.91 Å².